The first-order valence-corrected chi connectivity index (χ1v) is 5.86. The van der Waals surface area contributed by atoms with Crippen LogP contribution >= 0.6 is 11.6 Å². The number of carbonyl (C=O) groups excluding carboxylic acids is 1. The molecule has 96 valence electrons. The first kappa shape index (κ1) is 12.6. The molecule has 2 aromatic heterocycles. The summed E-state index contributed by atoms with van der Waals surface area (Å²) in [5.74, 6) is 0.0457. The topological polar surface area (TPSA) is 78.7 Å². The summed E-state index contributed by atoms with van der Waals surface area (Å²) in [7, 11) is 1.67. The molecule has 2 N–H and O–H groups in total. The Kier molecular flexibility index (Phi) is 3.13. The maximum Gasteiger partial charge on any atom is 0.217 e. The highest BCUT2D eigenvalue weighted by Gasteiger charge is 2.23. The molecule has 0 saturated heterocycles. The van der Waals surface area contributed by atoms with Crippen LogP contribution in [0.2, 0.25) is 5.02 Å². The maximum absolute atomic E-state index is 12.4. The number of nitrogens with zero attached hydrogens (tertiary/aromatic N) is 4. The fourth-order valence-corrected chi connectivity index (χ4v) is 1.91. The summed E-state index contributed by atoms with van der Waals surface area (Å²) in [5.41, 5.74) is 6.47. The number of nitrogens with two attached hydrogens (primary N) is 1. The minimum Gasteiger partial charge on any atom is -0.383 e. The van der Waals surface area contributed by atoms with Gasteiger partial charge < -0.3 is 5.73 Å². The van der Waals surface area contributed by atoms with E-state index in [0.717, 1.165) is 0 Å². The number of rotatable bonds is 3. The average molecular weight is 268 g/mol. The van der Waals surface area contributed by atoms with Crippen LogP contribution in [-0.4, -0.2) is 25.3 Å². The van der Waals surface area contributed by atoms with Crippen molar-refractivity contribution in [3.63, 3.8) is 0 Å². The molecule has 2 rings (SSSR count). The van der Waals surface area contributed by atoms with Gasteiger partial charge in [-0.2, -0.15) is 10.2 Å². The van der Waals surface area contributed by atoms with Gasteiger partial charge in [-0.15, -0.1) is 0 Å². The van der Waals surface area contributed by atoms with Crippen LogP contribution in [0.1, 0.15) is 35.9 Å². The molecule has 2 heterocycles. The largest absolute Gasteiger partial charge is 0.383 e. The second-order valence-electron chi connectivity index (χ2n) is 4.28. The number of anilines is 1. The summed E-state index contributed by atoms with van der Waals surface area (Å²) in [6.07, 6.45) is 2.90. The number of aryl methyl sites for hydroxylation is 1. The van der Waals surface area contributed by atoms with Crippen LogP contribution in [0.4, 0.5) is 5.82 Å². The van der Waals surface area contributed by atoms with Crippen molar-refractivity contribution in [2.24, 2.45) is 7.05 Å². The minimum atomic E-state index is -0.267. The molecule has 2 aromatic rings. The van der Waals surface area contributed by atoms with Crippen LogP contribution in [0.15, 0.2) is 12.4 Å². The number of hydrogen-bond acceptors (Lipinski definition) is 4. The van der Waals surface area contributed by atoms with Crippen LogP contribution in [0.3, 0.4) is 0 Å². The average Bonchev–Trinajstić information content (AvgIpc) is 2.84. The molecule has 0 aliphatic rings. The first-order chi connectivity index (χ1) is 8.43. The van der Waals surface area contributed by atoms with E-state index in [9.17, 15) is 4.79 Å². The van der Waals surface area contributed by atoms with Gasteiger partial charge >= 0.3 is 0 Å². The number of nitrogen functional groups attached to an aromatic ring is 1. The highest BCUT2D eigenvalue weighted by Crippen LogP contribution is 2.24. The fourth-order valence-electron chi connectivity index (χ4n) is 1.69. The number of ketones is 1. The monoisotopic (exact) mass is 267 g/mol. The summed E-state index contributed by atoms with van der Waals surface area (Å²) < 4.78 is 3.02. The summed E-state index contributed by atoms with van der Waals surface area (Å²) in [6, 6.07) is 0.0364. The highest BCUT2D eigenvalue weighted by molar-refractivity contribution is 6.34. The smallest absolute Gasteiger partial charge is 0.217 e. The predicted molar refractivity (Wildman–Crippen MR) is 68.7 cm³/mol. The molecule has 0 aliphatic heterocycles. The lowest BCUT2D eigenvalue weighted by Crippen LogP contribution is -2.15. The Morgan fingerprint density at radius 2 is 2.06 bits per heavy atom. The normalized spacial score (nSPS) is 11.2. The Morgan fingerprint density at radius 1 is 1.39 bits per heavy atom. The van der Waals surface area contributed by atoms with Gasteiger partial charge in [0.1, 0.15) is 11.5 Å². The van der Waals surface area contributed by atoms with Gasteiger partial charge in [0.15, 0.2) is 0 Å². The zero-order valence-corrected chi connectivity index (χ0v) is 11.1. The van der Waals surface area contributed by atoms with E-state index in [4.69, 9.17) is 17.3 Å². The molecule has 0 radical (unpaired) electrons. The SMILES string of the molecule is CC(C)n1ncc(Cl)c1C(=O)c1cnn(C)c1N. The Hall–Kier alpha value is -1.82. The van der Waals surface area contributed by atoms with Gasteiger partial charge in [0, 0.05) is 13.1 Å². The Balaban J connectivity index is 2.53. The molecule has 0 aliphatic carbocycles. The number of halogens is 1. The van der Waals surface area contributed by atoms with E-state index >= 15 is 0 Å². The van der Waals surface area contributed by atoms with Crippen molar-refractivity contribution in [1.29, 1.82) is 0 Å². The first-order valence-electron chi connectivity index (χ1n) is 5.48. The quantitative estimate of drug-likeness (QED) is 0.858. The van der Waals surface area contributed by atoms with E-state index in [1.54, 1.807) is 11.7 Å². The standard InChI is InChI=1S/C11H14ClN5O/c1-6(2)17-9(8(12)5-15-17)10(18)7-4-14-16(3)11(7)13/h4-6H,13H2,1-3H3. The fraction of sp³-hybridized carbons (Fsp3) is 0.364. The van der Waals surface area contributed by atoms with Crippen molar-refractivity contribution >= 4 is 23.2 Å². The Morgan fingerprint density at radius 3 is 2.56 bits per heavy atom. The highest BCUT2D eigenvalue weighted by atomic mass is 35.5. The number of carbonyl (C=O) groups is 1. The van der Waals surface area contributed by atoms with E-state index in [1.165, 1.54) is 17.1 Å². The van der Waals surface area contributed by atoms with Gasteiger partial charge in [0.25, 0.3) is 0 Å². The molecule has 0 atom stereocenters. The third kappa shape index (κ3) is 1.88. The van der Waals surface area contributed by atoms with Crippen molar-refractivity contribution in [2.45, 2.75) is 19.9 Å². The Bertz CT molecular complexity index is 599. The lowest BCUT2D eigenvalue weighted by Gasteiger charge is -2.10. The van der Waals surface area contributed by atoms with Crippen LogP contribution in [0.5, 0.6) is 0 Å². The van der Waals surface area contributed by atoms with Crippen molar-refractivity contribution in [2.75, 3.05) is 5.73 Å². The van der Waals surface area contributed by atoms with Gasteiger partial charge in [-0.05, 0) is 13.8 Å². The molecular weight excluding hydrogens is 254 g/mol. The summed E-state index contributed by atoms with van der Waals surface area (Å²) in [4.78, 5) is 12.4. The van der Waals surface area contributed by atoms with E-state index < -0.39 is 0 Å². The van der Waals surface area contributed by atoms with Crippen LogP contribution in [0, 0.1) is 0 Å². The van der Waals surface area contributed by atoms with Crippen molar-refractivity contribution < 1.29 is 4.79 Å². The van der Waals surface area contributed by atoms with Crippen molar-refractivity contribution in [3.8, 4) is 0 Å². The molecule has 7 heteroatoms. The molecular formula is C11H14ClN5O. The number of aromatic nitrogens is 4. The summed E-state index contributed by atoms with van der Waals surface area (Å²) in [6.45, 7) is 3.85. The molecule has 0 spiro atoms. The maximum atomic E-state index is 12.4. The Labute approximate surface area is 109 Å². The predicted octanol–water partition coefficient (Wildman–Crippen LogP) is 1.66. The molecule has 0 aromatic carbocycles. The second kappa shape index (κ2) is 4.45. The second-order valence-corrected chi connectivity index (χ2v) is 4.68. The lowest BCUT2D eigenvalue weighted by molar-refractivity contribution is 0.102. The van der Waals surface area contributed by atoms with Crippen molar-refractivity contribution in [3.05, 3.63) is 28.7 Å². The van der Waals surface area contributed by atoms with Gasteiger partial charge in [-0.1, -0.05) is 11.6 Å². The summed E-state index contributed by atoms with van der Waals surface area (Å²) in [5, 5.41) is 8.36. The molecule has 0 bridgehead atoms. The number of hydrogen-bond donors (Lipinski definition) is 1. The van der Waals surface area contributed by atoms with Gasteiger partial charge in [-0.3, -0.25) is 14.2 Å². The molecule has 0 saturated carbocycles. The third-order valence-corrected chi connectivity index (χ3v) is 2.96. The lowest BCUT2D eigenvalue weighted by atomic mass is 10.1. The minimum absolute atomic E-state index is 0.0364. The van der Waals surface area contributed by atoms with E-state index in [-0.39, 0.29) is 11.8 Å². The zero-order valence-electron chi connectivity index (χ0n) is 10.4. The molecule has 0 amide bonds. The van der Waals surface area contributed by atoms with Crippen molar-refractivity contribution in [1.82, 2.24) is 19.6 Å². The third-order valence-electron chi connectivity index (χ3n) is 2.68. The van der Waals surface area contributed by atoms with Gasteiger partial charge in [-0.25, -0.2) is 0 Å². The van der Waals surface area contributed by atoms with Crippen LogP contribution < -0.4 is 5.73 Å². The van der Waals surface area contributed by atoms with Crippen LogP contribution in [0.25, 0.3) is 0 Å². The van der Waals surface area contributed by atoms with E-state index in [2.05, 4.69) is 10.2 Å². The molecule has 18 heavy (non-hydrogen) atoms. The molecule has 0 fully saturated rings. The van der Waals surface area contributed by atoms with Gasteiger partial charge in [0.05, 0.1) is 23.0 Å². The van der Waals surface area contributed by atoms with Crippen LogP contribution in [-0.2, 0) is 7.05 Å². The van der Waals surface area contributed by atoms with E-state index in [0.29, 0.717) is 22.1 Å². The van der Waals surface area contributed by atoms with E-state index in [1.807, 2.05) is 13.8 Å². The zero-order chi connectivity index (χ0) is 13.4. The summed E-state index contributed by atoms with van der Waals surface area (Å²) >= 11 is 6.02. The molecule has 6 nitrogen and oxygen atoms in total. The molecule has 0 unspecified atom stereocenters. The van der Waals surface area contributed by atoms with Gasteiger partial charge in [0.2, 0.25) is 5.78 Å².